The molecule has 2 aliphatic heterocycles. The molecule has 0 bridgehead atoms. The number of nitrogens with zero attached hydrogens (tertiary/aromatic N) is 7. The van der Waals surface area contributed by atoms with Crippen molar-refractivity contribution in [3.8, 4) is 11.3 Å². The first-order chi connectivity index (χ1) is 17.2. The van der Waals surface area contributed by atoms with Crippen molar-refractivity contribution in [3.63, 3.8) is 0 Å². The molecular formula is C24H28N8O3. The van der Waals surface area contributed by atoms with Crippen molar-refractivity contribution in [1.29, 1.82) is 0 Å². The standard InChI is InChI=1S/C24H28N8O3/c33-32(34)19-9-7-18(8-10-19)21-12-11-20(35-21)17-25-29-22-26-23(30-13-3-1-4-14-30)28-24(27-22)31-15-5-2-6-16-31/h7-12,17H,1-6,13-16H2,(H,26,27,28,29)/b25-17-. The molecule has 11 heteroatoms. The summed E-state index contributed by atoms with van der Waals surface area (Å²) in [6.45, 7) is 3.79. The Morgan fingerprint density at radius 3 is 2.03 bits per heavy atom. The summed E-state index contributed by atoms with van der Waals surface area (Å²) in [4.78, 5) is 28.9. The summed E-state index contributed by atoms with van der Waals surface area (Å²) in [7, 11) is 0. The van der Waals surface area contributed by atoms with E-state index >= 15 is 0 Å². The Morgan fingerprint density at radius 1 is 0.857 bits per heavy atom. The zero-order valence-corrected chi connectivity index (χ0v) is 19.5. The molecule has 3 aromatic rings. The highest BCUT2D eigenvalue weighted by Crippen LogP contribution is 2.25. The van der Waals surface area contributed by atoms with Crippen LogP contribution in [0.1, 0.15) is 44.3 Å². The molecule has 0 spiro atoms. The zero-order chi connectivity index (χ0) is 24.0. The summed E-state index contributed by atoms with van der Waals surface area (Å²) in [5.74, 6) is 2.92. The molecule has 5 rings (SSSR count). The minimum absolute atomic E-state index is 0.0384. The summed E-state index contributed by atoms with van der Waals surface area (Å²) in [5, 5.41) is 15.1. The fraction of sp³-hybridized carbons (Fsp3) is 0.417. The molecule has 1 aromatic carbocycles. The highest BCUT2D eigenvalue weighted by molar-refractivity contribution is 5.78. The normalized spacial score (nSPS) is 16.6. The van der Waals surface area contributed by atoms with Crippen LogP contribution in [0.3, 0.4) is 0 Å². The van der Waals surface area contributed by atoms with E-state index in [1.807, 2.05) is 0 Å². The fourth-order valence-corrected chi connectivity index (χ4v) is 4.35. The number of aromatic nitrogens is 3. The Kier molecular flexibility index (Phi) is 6.82. The number of nitro groups is 1. The van der Waals surface area contributed by atoms with Gasteiger partial charge in [-0.25, -0.2) is 5.43 Å². The van der Waals surface area contributed by atoms with Gasteiger partial charge >= 0.3 is 0 Å². The number of hydrazone groups is 1. The van der Waals surface area contributed by atoms with Crippen LogP contribution in [0.5, 0.6) is 0 Å². The van der Waals surface area contributed by atoms with Crippen molar-refractivity contribution >= 4 is 29.7 Å². The van der Waals surface area contributed by atoms with Crippen LogP contribution in [0, 0.1) is 10.1 Å². The lowest BCUT2D eigenvalue weighted by Crippen LogP contribution is -2.34. The van der Waals surface area contributed by atoms with Gasteiger partial charge in [0.25, 0.3) is 5.69 Å². The van der Waals surface area contributed by atoms with Gasteiger partial charge in [0, 0.05) is 43.9 Å². The molecule has 0 radical (unpaired) electrons. The lowest BCUT2D eigenvalue weighted by Gasteiger charge is -2.30. The maximum absolute atomic E-state index is 10.8. The van der Waals surface area contributed by atoms with Crippen molar-refractivity contribution in [2.24, 2.45) is 5.10 Å². The van der Waals surface area contributed by atoms with Crippen molar-refractivity contribution in [3.05, 3.63) is 52.3 Å². The van der Waals surface area contributed by atoms with Gasteiger partial charge in [0.1, 0.15) is 11.5 Å². The molecular weight excluding hydrogens is 448 g/mol. The van der Waals surface area contributed by atoms with E-state index in [0.29, 0.717) is 29.4 Å². The zero-order valence-electron chi connectivity index (χ0n) is 19.5. The molecule has 4 heterocycles. The first-order valence-corrected chi connectivity index (χ1v) is 12.1. The van der Waals surface area contributed by atoms with Crippen molar-refractivity contribution < 1.29 is 9.34 Å². The van der Waals surface area contributed by atoms with Crippen LogP contribution in [0.25, 0.3) is 11.3 Å². The average Bonchev–Trinajstić information content (AvgIpc) is 3.38. The quantitative estimate of drug-likeness (QED) is 0.299. The van der Waals surface area contributed by atoms with Crippen LogP contribution in [-0.4, -0.2) is 52.3 Å². The molecule has 2 saturated heterocycles. The van der Waals surface area contributed by atoms with Gasteiger partial charge in [0.05, 0.1) is 11.1 Å². The maximum Gasteiger partial charge on any atom is 0.269 e. The van der Waals surface area contributed by atoms with Gasteiger partial charge in [-0.05, 0) is 62.8 Å². The largest absolute Gasteiger partial charge is 0.455 e. The second-order valence-electron chi connectivity index (χ2n) is 8.73. The SMILES string of the molecule is O=[N+]([O-])c1ccc(-c2ccc(/C=N\Nc3nc(N4CCCCC4)nc(N4CCCCC4)n3)o2)cc1. The third kappa shape index (κ3) is 5.56. The number of non-ortho nitro benzene ring substituents is 1. The summed E-state index contributed by atoms with van der Waals surface area (Å²) in [6.07, 6.45) is 8.59. The van der Waals surface area contributed by atoms with E-state index in [9.17, 15) is 10.1 Å². The smallest absolute Gasteiger partial charge is 0.269 e. The number of hydrogen-bond acceptors (Lipinski definition) is 10. The molecule has 1 N–H and O–H groups in total. The third-order valence-corrected chi connectivity index (χ3v) is 6.24. The van der Waals surface area contributed by atoms with E-state index in [2.05, 4.69) is 30.3 Å². The van der Waals surface area contributed by atoms with Gasteiger partial charge in [-0.2, -0.15) is 20.1 Å². The molecule has 0 saturated carbocycles. The first kappa shape index (κ1) is 22.8. The molecule has 2 aromatic heterocycles. The lowest BCUT2D eigenvalue weighted by atomic mass is 10.1. The van der Waals surface area contributed by atoms with Crippen LogP contribution < -0.4 is 15.2 Å². The summed E-state index contributed by atoms with van der Waals surface area (Å²) < 4.78 is 5.82. The number of anilines is 3. The Balaban J connectivity index is 1.31. The molecule has 0 aliphatic carbocycles. The maximum atomic E-state index is 10.8. The van der Waals surface area contributed by atoms with E-state index < -0.39 is 4.92 Å². The Bertz CT molecular complexity index is 1150. The molecule has 2 fully saturated rings. The third-order valence-electron chi connectivity index (χ3n) is 6.24. The summed E-state index contributed by atoms with van der Waals surface area (Å²) in [5.41, 5.74) is 3.73. The topological polar surface area (TPSA) is 126 Å². The molecule has 2 aliphatic rings. The minimum atomic E-state index is -0.426. The molecule has 0 unspecified atom stereocenters. The van der Waals surface area contributed by atoms with Crippen LogP contribution >= 0.6 is 0 Å². The first-order valence-electron chi connectivity index (χ1n) is 12.1. The van der Waals surface area contributed by atoms with Gasteiger partial charge in [-0.15, -0.1) is 0 Å². The number of furan rings is 1. The van der Waals surface area contributed by atoms with E-state index in [4.69, 9.17) is 9.40 Å². The number of nitrogens with one attached hydrogen (secondary N) is 1. The number of nitro benzene ring substituents is 1. The lowest BCUT2D eigenvalue weighted by molar-refractivity contribution is -0.384. The summed E-state index contributed by atoms with van der Waals surface area (Å²) >= 11 is 0. The van der Waals surface area contributed by atoms with Crippen molar-refractivity contribution in [2.45, 2.75) is 38.5 Å². The highest BCUT2D eigenvalue weighted by atomic mass is 16.6. The van der Waals surface area contributed by atoms with Crippen LogP contribution in [0.2, 0.25) is 0 Å². The van der Waals surface area contributed by atoms with Crippen LogP contribution in [-0.2, 0) is 0 Å². The average molecular weight is 477 g/mol. The number of hydrogen-bond donors (Lipinski definition) is 1. The van der Waals surface area contributed by atoms with E-state index in [1.54, 1.807) is 30.5 Å². The second-order valence-corrected chi connectivity index (χ2v) is 8.73. The van der Waals surface area contributed by atoms with Gasteiger partial charge < -0.3 is 14.2 Å². The summed E-state index contributed by atoms with van der Waals surface area (Å²) in [6, 6.07) is 9.81. The second kappa shape index (κ2) is 10.5. The molecule has 0 amide bonds. The number of benzene rings is 1. The monoisotopic (exact) mass is 476 g/mol. The van der Waals surface area contributed by atoms with Gasteiger partial charge in [-0.3, -0.25) is 10.1 Å². The van der Waals surface area contributed by atoms with Crippen LogP contribution in [0.4, 0.5) is 23.5 Å². The van der Waals surface area contributed by atoms with Gasteiger partial charge in [-0.1, -0.05) is 0 Å². The Labute approximate surface area is 203 Å². The minimum Gasteiger partial charge on any atom is -0.455 e. The fourth-order valence-electron chi connectivity index (χ4n) is 4.35. The van der Waals surface area contributed by atoms with Gasteiger partial charge in [0.15, 0.2) is 0 Å². The molecule has 11 nitrogen and oxygen atoms in total. The number of piperidine rings is 2. The predicted octanol–water partition coefficient (Wildman–Crippen LogP) is 4.47. The Morgan fingerprint density at radius 2 is 1.46 bits per heavy atom. The van der Waals surface area contributed by atoms with Crippen molar-refractivity contribution in [1.82, 2.24) is 15.0 Å². The Hall–Kier alpha value is -4.02. The van der Waals surface area contributed by atoms with Crippen LogP contribution in [0.15, 0.2) is 45.9 Å². The highest BCUT2D eigenvalue weighted by Gasteiger charge is 2.20. The number of rotatable bonds is 7. The molecule has 0 atom stereocenters. The van der Waals surface area contributed by atoms with Gasteiger partial charge in [0.2, 0.25) is 17.8 Å². The predicted molar refractivity (Wildman–Crippen MR) is 134 cm³/mol. The van der Waals surface area contributed by atoms with E-state index in [0.717, 1.165) is 57.4 Å². The van der Waals surface area contributed by atoms with E-state index in [1.165, 1.54) is 25.0 Å². The van der Waals surface area contributed by atoms with Crippen molar-refractivity contribution in [2.75, 3.05) is 41.4 Å². The molecule has 182 valence electrons. The van der Waals surface area contributed by atoms with E-state index in [-0.39, 0.29) is 5.69 Å². The molecule has 35 heavy (non-hydrogen) atoms.